The average molecular weight is 392 g/mol. The van der Waals surface area contributed by atoms with Crippen LogP contribution in [-0.4, -0.2) is 56.2 Å². The average Bonchev–Trinajstić information content (AvgIpc) is 2.56. The molecule has 1 aromatic carbocycles. The predicted molar refractivity (Wildman–Crippen MR) is 93.8 cm³/mol. The van der Waals surface area contributed by atoms with Gasteiger partial charge >= 0.3 is 5.97 Å². The molecule has 7 nitrogen and oxygen atoms in total. The van der Waals surface area contributed by atoms with Crippen LogP contribution in [0.4, 0.5) is 4.39 Å². The molecule has 0 spiro atoms. The zero-order chi connectivity index (χ0) is 19.0. The van der Waals surface area contributed by atoms with Crippen LogP contribution in [0, 0.1) is 6.92 Å². The zero-order valence-corrected chi connectivity index (χ0v) is 15.5. The van der Waals surface area contributed by atoms with Gasteiger partial charge in [-0.05, 0) is 37.5 Å². The Labute approximate surface area is 150 Å². The first-order valence-corrected chi connectivity index (χ1v) is 10.3. The topological polar surface area (TPSA) is 113 Å². The molecule has 0 aliphatic heterocycles. The summed E-state index contributed by atoms with van der Waals surface area (Å²) in [5, 5.41) is 10.8. The van der Waals surface area contributed by atoms with Crippen LogP contribution < -0.4 is 10.0 Å². The van der Waals surface area contributed by atoms with Gasteiger partial charge in [-0.25, -0.2) is 17.6 Å². The number of hydrogen-bond donors (Lipinski definition) is 3. The minimum absolute atomic E-state index is 0.0136. The van der Waals surface area contributed by atoms with E-state index in [1.807, 2.05) is 12.2 Å². The smallest absolute Gasteiger partial charge is 0.328 e. The van der Waals surface area contributed by atoms with Crippen LogP contribution >= 0.6 is 11.8 Å². The Bertz CT molecular complexity index is 694. The van der Waals surface area contributed by atoms with Gasteiger partial charge in [-0.2, -0.15) is 16.5 Å². The van der Waals surface area contributed by atoms with Crippen LogP contribution in [0.25, 0.3) is 0 Å². The molecule has 25 heavy (non-hydrogen) atoms. The molecule has 10 heteroatoms. The van der Waals surface area contributed by atoms with E-state index in [2.05, 4.69) is 4.72 Å². The van der Waals surface area contributed by atoms with E-state index in [1.165, 1.54) is 23.9 Å². The van der Waals surface area contributed by atoms with Crippen molar-refractivity contribution in [3.63, 3.8) is 0 Å². The fraction of sp³-hybridized carbons (Fsp3) is 0.467. The second-order valence-electron chi connectivity index (χ2n) is 5.32. The molecular formula is C15H21FN2O5S2. The molecule has 3 N–H and O–H groups in total. The van der Waals surface area contributed by atoms with Gasteiger partial charge in [0.15, 0.2) is 6.04 Å². The van der Waals surface area contributed by atoms with E-state index in [9.17, 15) is 22.4 Å². The molecule has 1 aromatic rings. The Hall–Kier alpha value is -1.65. The summed E-state index contributed by atoms with van der Waals surface area (Å²) in [7, 11) is -3.98. The molecule has 0 bridgehead atoms. The third kappa shape index (κ3) is 6.63. The van der Waals surface area contributed by atoms with E-state index in [0.29, 0.717) is 5.75 Å². The van der Waals surface area contributed by atoms with Crippen molar-refractivity contribution in [3.05, 3.63) is 29.8 Å². The van der Waals surface area contributed by atoms with Gasteiger partial charge in [-0.15, -0.1) is 0 Å². The van der Waals surface area contributed by atoms with Gasteiger partial charge in [-0.3, -0.25) is 4.79 Å². The van der Waals surface area contributed by atoms with E-state index in [4.69, 9.17) is 5.11 Å². The SMILES string of the molecule is CSCCC(NS(=O)(=O)c1ccc(C)cc1)C(=O)NC(CF)C(=O)O. The number of amides is 1. The summed E-state index contributed by atoms with van der Waals surface area (Å²) in [5.74, 6) is -1.95. The largest absolute Gasteiger partial charge is 0.480 e. The number of carboxylic acids is 1. The van der Waals surface area contributed by atoms with Gasteiger partial charge < -0.3 is 10.4 Å². The maximum Gasteiger partial charge on any atom is 0.328 e. The van der Waals surface area contributed by atoms with Crippen molar-refractivity contribution < 1.29 is 27.5 Å². The summed E-state index contributed by atoms with van der Waals surface area (Å²) < 4.78 is 39.8. The highest BCUT2D eigenvalue weighted by Gasteiger charge is 2.29. The van der Waals surface area contributed by atoms with E-state index in [-0.39, 0.29) is 11.3 Å². The molecule has 140 valence electrons. The molecule has 0 radical (unpaired) electrons. The number of benzene rings is 1. The number of rotatable bonds is 10. The lowest BCUT2D eigenvalue weighted by atomic mass is 10.2. The molecule has 0 aromatic heterocycles. The summed E-state index contributed by atoms with van der Waals surface area (Å²) in [5.41, 5.74) is 0.878. The summed E-state index contributed by atoms with van der Waals surface area (Å²) in [4.78, 5) is 23.0. The van der Waals surface area contributed by atoms with Crippen molar-refractivity contribution in [1.82, 2.24) is 10.0 Å². The lowest BCUT2D eigenvalue weighted by molar-refractivity contribution is -0.142. The molecule has 0 saturated carbocycles. The number of carboxylic acid groups (broad SMARTS) is 1. The van der Waals surface area contributed by atoms with Crippen LogP contribution in [0.1, 0.15) is 12.0 Å². The summed E-state index contributed by atoms with van der Waals surface area (Å²) in [6.07, 6.45) is 1.92. The first kappa shape index (κ1) is 21.4. The fourth-order valence-corrected chi connectivity index (χ4v) is 3.59. The highest BCUT2D eigenvalue weighted by atomic mass is 32.2. The number of aliphatic carboxylic acids is 1. The van der Waals surface area contributed by atoms with Crippen LogP contribution in [0.3, 0.4) is 0 Å². The quantitative estimate of drug-likeness (QED) is 0.546. The first-order chi connectivity index (χ1) is 11.7. The van der Waals surface area contributed by atoms with Crippen molar-refractivity contribution in [2.75, 3.05) is 18.7 Å². The van der Waals surface area contributed by atoms with Gasteiger partial charge in [0.2, 0.25) is 15.9 Å². The molecular weight excluding hydrogens is 371 g/mol. The second-order valence-corrected chi connectivity index (χ2v) is 8.02. The Balaban J connectivity index is 2.95. The van der Waals surface area contributed by atoms with Crippen LogP contribution in [0.2, 0.25) is 0 Å². The standard InChI is InChI=1S/C15H21FN2O5S2/c1-10-3-5-11(6-4-10)25(22,23)18-12(7-8-24-2)14(19)17-13(9-16)15(20)21/h3-6,12-13,18H,7-9H2,1-2H3,(H,17,19)(H,20,21). The number of nitrogens with one attached hydrogen (secondary N) is 2. The van der Waals surface area contributed by atoms with Crippen molar-refractivity contribution >= 4 is 33.7 Å². The van der Waals surface area contributed by atoms with E-state index in [1.54, 1.807) is 18.4 Å². The molecule has 0 saturated heterocycles. The lowest BCUT2D eigenvalue weighted by Crippen LogP contribution is -2.52. The third-order valence-electron chi connectivity index (χ3n) is 3.32. The Morgan fingerprint density at radius 2 is 1.84 bits per heavy atom. The Kier molecular flexibility index (Phi) is 8.33. The minimum Gasteiger partial charge on any atom is -0.480 e. The second kappa shape index (κ2) is 9.73. The number of halogens is 1. The fourth-order valence-electron chi connectivity index (χ4n) is 1.89. The molecule has 0 heterocycles. The Morgan fingerprint density at radius 1 is 1.24 bits per heavy atom. The molecule has 1 rings (SSSR count). The molecule has 0 aliphatic carbocycles. The molecule has 2 atom stereocenters. The van der Waals surface area contributed by atoms with E-state index in [0.717, 1.165) is 5.56 Å². The number of hydrogen-bond acceptors (Lipinski definition) is 5. The van der Waals surface area contributed by atoms with Crippen LogP contribution in [-0.2, 0) is 19.6 Å². The number of alkyl halides is 1. The summed E-state index contributed by atoms with van der Waals surface area (Å²) in [6, 6.07) is 3.14. The third-order valence-corrected chi connectivity index (χ3v) is 5.46. The summed E-state index contributed by atoms with van der Waals surface area (Å²) >= 11 is 1.40. The highest BCUT2D eigenvalue weighted by Crippen LogP contribution is 2.12. The van der Waals surface area contributed by atoms with Crippen LogP contribution in [0.5, 0.6) is 0 Å². The summed E-state index contributed by atoms with van der Waals surface area (Å²) in [6.45, 7) is 0.516. The highest BCUT2D eigenvalue weighted by molar-refractivity contribution is 7.98. The number of carbonyl (C=O) groups excluding carboxylic acids is 1. The number of carbonyl (C=O) groups is 2. The van der Waals surface area contributed by atoms with Gasteiger partial charge in [0.25, 0.3) is 0 Å². The minimum atomic E-state index is -3.98. The molecule has 0 fully saturated rings. The van der Waals surface area contributed by atoms with Gasteiger partial charge in [0, 0.05) is 0 Å². The maximum absolute atomic E-state index is 12.7. The first-order valence-electron chi connectivity index (χ1n) is 7.38. The van der Waals surface area contributed by atoms with Crippen molar-refractivity contribution in [2.45, 2.75) is 30.3 Å². The van der Waals surface area contributed by atoms with Crippen molar-refractivity contribution in [2.24, 2.45) is 0 Å². The predicted octanol–water partition coefficient (Wildman–Crippen LogP) is 0.934. The number of sulfonamides is 1. The molecule has 0 aliphatic rings. The van der Waals surface area contributed by atoms with E-state index >= 15 is 0 Å². The van der Waals surface area contributed by atoms with E-state index < -0.39 is 40.7 Å². The monoisotopic (exact) mass is 392 g/mol. The van der Waals surface area contributed by atoms with Gasteiger partial charge in [0.05, 0.1) is 4.90 Å². The zero-order valence-electron chi connectivity index (χ0n) is 13.9. The van der Waals surface area contributed by atoms with Crippen molar-refractivity contribution in [1.29, 1.82) is 0 Å². The van der Waals surface area contributed by atoms with Gasteiger partial charge in [0.1, 0.15) is 12.7 Å². The van der Waals surface area contributed by atoms with Crippen LogP contribution in [0.15, 0.2) is 29.2 Å². The normalized spacial score (nSPS) is 13.9. The number of thioether (sulfide) groups is 1. The lowest BCUT2D eigenvalue weighted by Gasteiger charge is -2.20. The molecule has 1 amide bonds. The van der Waals surface area contributed by atoms with Crippen molar-refractivity contribution in [3.8, 4) is 0 Å². The maximum atomic E-state index is 12.7. The number of aryl methyl sites for hydroxylation is 1. The molecule has 2 unspecified atom stereocenters. The Morgan fingerprint density at radius 3 is 2.32 bits per heavy atom. The van der Waals surface area contributed by atoms with Gasteiger partial charge in [-0.1, -0.05) is 17.7 Å².